The fourth-order valence-corrected chi connectivity index (χ4v) is 3.95. The zero-order valence-corrected chi connectivity index (χ0v) is 16.5. The second kappa shape index (κ2) is 8.53. The van der Waals surface area contributed by atoms with E-state index >= 15 is 0 Å². The SMILES string of the molecule is O=C(N[C@H]1CC[C@@H](Nc2cc(C(F)(F)F)nc3ccccc23)CC1)c1ccccc1F. The maximum absolute atomic E-state index is 13.8. The van der Waals surface area contributed by atoms with E-state index in [4.69, 9.17) is 0 Å². The van der Waals surface area contributed by atoms with Crippen LogP contribution in [0.5, 0.6) is 0 Å². The van der Waals surface area contributed by atoms with Crippen molar-refractivity contribution in [2.75, 3.05) is 5.32 Å². The van der Waals surface area contributed by atoms with Crippen LogP contribution in [0, 0.1) is 5.82 Å². The molecule has 0 aliphatic heterocycles. The highest BCUT2D eigenvalue weighted by Gasteiger charge is 2.34. The molecule has 1 heterocycles. The molecule has 1 amide bonds. The number of fused-ring (bicyclic) bond motifs is 1. The molecule has 1 aromatic heterocycles. The van der Waals surface area contributed by atoms with Gasteiger partial charge in [-0.3, -0.25) is 4.79 Å². The molecule has 2 N–H and O–H groups in total. The van der Waals surface area contributed by atoms with Gasteiger partial charge in [0.25, 0.3) is 5.91 Å². The number of amides is 1. The third kappa shape index (κ3) is 4.78. The molecule has 0 unspecified atom stereocenters. The zero-order valence-electron chi connectivity index (χ0n) is 16.5. The lowest BCUT2D eigenvalue weighted by molar-refractivity contribution is -0.140. The van der Waals surface area contributed by atoms with E-state index in [2.05, 4.69) is 15.6 Å². The molecule has 0 spiro atoms. The van der Waals surface area contributed by atoms with E-state index in [9.17, 15) is 22.4 Å². The minimum absolute atomic E-state index is 0.00526. The third-order valence-corrected chi connectivity index (χ3v) is 5.55. The van der Waals surface area contributed by atoms with Crippen LogP contribution < -0.4 is 10.6 Å². The molecule has 8 heteroatoms. The Hall–Kier alpha value is -3.16. The number of rotatable bonds is 4. The van der Waals surface area contributed by atoms with Crippen molar-refractivity contribution >= 4 is 22.5 Å². The van der Waals surface area contributed by atoms with Crippen LogP contribution in [0.25, 0.3) is 10.9 Å². The smallest absolute Gasteiger partial charge is 0.382 e. The Labute approximate surface area is 176 Å². The molecule has 4 nitrogen and oxygen atoms in total. The lowest BCUT2D eigenvalue weighted by atomic mass is 9.90. The first-order chi connectivity index (χ1) is 14.8. The summed E-state index contributed by atoms with van der Waals surface area (Å²) in [5.41, 5.74) is -0.243. The number of alkyl halides is 3. The van der Waals surface area contributed by atoms with Crippen molar-refractivity contribution in [3.05, 3.63) is 71.7 Å². The van der Waals surface area contributed by atoms with Gasteiger partial charge in [0, 0.05) is 23.2 Å². The second-order valence-electron chi connectivity index (χ2n) is 7.72. The number of carbonyl (C=O) groups is 1. The van der Waals surface area contributed by atoms with Gasteiger partial charge in [0.2, 0.25) is 0 Å². The number of benzene rings is 2. The Kier molecular flexibility index (Phi) is 5.80. The van der Waals surface area contributed by atoms with Gasteiger partial charge in [-0.05, 0) is 49.9 Å². The van der Waals surface area contributed by atoms with E-state index in [1.165, 1.54) is 18.2 Å². The molecule has 1 fully saturated rings. The number of carbonyl (C=O) groups excluding carboxylic acids is 1. The van der Waals surface area contributed by atoms with Crippen LogP contribution in [0.2, 0.25) is 0 Å². The summed E-state index contributed by atoms with van der Waals surface area (Å²) in [7, 11) is 0. The molecule has 31 heavy (non-hydrogen) atoms. The number of anilines is 1. The molecule has 0 bridgehead atoms. The Morgan fingerprint density at radius 2 is 1.58 bits per heavy atom. The minimum Gasteiger partial charge on any atom is -0.382 e. The highest BCUT2D eigenvalue weighted by Crippen LogP contribution is 2.34. The quantitative estimate of drug-likeness (QED) is 0.533. The monoisotopic (exact) mass is 431 g/mol. The number of aromatic nitrogens is 1. The van der Waals surface area contributed by atoms with E-state index in [-0.39, 0.29) is 23.2 Å². The van der Waals surface area contributed by atoms with Crippen molar-refractivity contribution < 1.29 is 22.4 Å². The van der Waals surface area contributed by atoms with Crippen LogP contribution in [-0.4, -0.2) is 23.0 Å². The zero-order chi connectivity index (χ0) is 22.0. The molecule has 162 valence electrons. The molecule has 1 saturated carbocycles. The number of nitrogens with zero attached hydrogens (tertiary/aromatic N) is 1. The predicted octanol–water partition coefficient (Wildman–Crippen LogP) is 5.55. The Morgan fingerprint density at radius 1 is 0.935 bits per heavy atom. The fraction of sp³-hybridized carbons (Fsp3) is 0.304. The summed E-state index contributed by atoms with van der Waals surface area (Å²) in [6.45, 7) is 0. The lowest BCUT2D eigenvalue weighted by Gasteiger charge is -2.30. The Balaban J connectivity index is 1.43. The molecule has 0 radical (unpaired) electrons. The van der Waals surface area contributed by atoms with Crippen molar-refractivity contribution in [3.8, 4) is 0 Å². The van der Waals surface area contributed by atoms with Gasteiger partial charge in [-0.2, -0.15) is 13.2 Å². The van der Waals surface area contributed by atoms with Gasteiger partial charge >= 0.3 is 6.18 Å². The van der Waals surface area contributed by atoms with Gasteiger partial charge in [0.1, 0.15) is 11.5 Å². The Morgan fingerprint density at radius 3 is 2.29 bits per heavy atom. The summed E-state index contributed by atoms with van der Waals surface area (Å²) in [6, 6.07) is 13.4. The molecular formula is C23H21F4N3O. The summed E-state index contributed by atoms with van der Waals surface area (Å²) in [5, 5.41) is 6.72. The van der Waals surface area contributed by atoms with Gasteiger partial charge in [-0.25, -0.2) is 9.37 Å². The number of nitrogens with one attached hydrogen (secondary N) is 2. The van der Waals surface area contributed by atoms with E-state index in [1.54, 1.807) is 30.3 Å². The second-order valence-corrected chi connectivity index (χ2v) is 7.72. The maximum Gasteiger partial charge on any atom is 0.433 e. The minimum atomic E-state index is -4.53. The molecule has 3 aromatic rings. The van der Waals surface area contributed by atoms with Crippen molar-refractivity contribution in [1.29, 1.82) is 0 Å². The van der Waals surface area contributed by atoms with Crippen molar-refractivity contribution in [1.82, 2.24) is 10.3 Å². The van der Waals surface area contributed by atoms with E-state index < -0.39 is 23.6 Å². The highest BCUT2D eigenvalue weighted by atomic mass is 19.4. The average molecular weight is 431 g/mol. The van der Waals surface area contributed by atoms with Crippen molar-refractivity contribution in [3.63, 3.8) is 0 Å². The van der Waals surface area contributed by atoms with Crippen LogP contribution in [0.4, 0.5) is 23.2 Å². The molecular weight excluding hydrogens is 410 g/mol. The summed E-state index contributed by atoms with van der Waals surface area (Å²) < 4.78 is 53.6. The van der Waals surface area contributed by atoms with E-state index in [1.807, 2.05) is 0 Å². The first-order valence-corrected chi connectivity index (χ1v) is 10.1. The lowest BCUT2D eigenvalue weighted by Crippen LogP contribution is -2.40. The van der Waals surface area contributed by atoms with E-state index in [0.29, 0.717) is 36.8 Å². The molecule has 1 aliphatic carbocycles. The number of hydrogen-bond donors (Lipinski definition) is 2. The fourth-order valence-electron chi connectivity index (χ4n) is 3.95. The number of pyridine rings is 1. The Bertz CT molecular complexity index is 1090. The summed E-state index contributed by atoms with van der Waals surface area (Å²) >= 11 is 0. The van der Waals surface area contributed by atoms with Gasteiger partial charge in [-0.15, -0.1) is 0 Å². The average Bonchev–Trinajstić information content (AvgIpc) is 2.74. The largest absolute Gasteiger partial charge is 0.433 e. The van der Waals surface area contributed by atoms with Crippen molar-refractivity contribution in [2.45, 2.75) is 43.9 Å². The number of halogens is 4. The van der Waals surface area contributed by atoms with Crippen LogP contribution in [-0.2, 0) is 6.18 Å². The first-order valence-electron chi connectivity index (χ1n) is 10.1. The van der Waals surface area contributed by atoms with Crippen LogP contribution >= 0.6 is 0 Å². The van der Waals surface area contributed by atoms with Crippen LogP contribution in [0.1, 0.15) is 41.7 Å². The standard InChI is InChI=1S/C23H21F4N3O/c24-18-7-3-1-5-16(18)22(31)29-15-11-9-14(10-12-15)28-20-13-21(23(25,26)27)30-19-8-4-2-6-17(19)20/h1-8,13-15H,9-12H2,(H,28,30)(H,29,31)/t14-,15+. The first kappa shape index (κ1) is 21.1. The van der Waals surface area contributed by atoms with Gasteiger partial charge < -0.3 is 10.6 Å². The van der Waals surface area contributed by atoms with Gasteiger partial charge in [0.15, 0.2) is 0 Å². The van der Waals surface area contributed by atoms with Crippen molar-refractivity contribution in [2.24, 2.45) is 0 Å². The highest BCUT2D eigenvalue weighted by molar-refractivity contribution is 5.94. The summed E-state index contributed by atoms with van der Waals surface area (Å²) in [6.07, 6.45) is -1.91. The molecule has 0 atom stereocenters. The normalized spacial score (nSPS) is 19.2. The number of para-hydroxylation sites is 1. The van der Waals surface area contributed by atoms with Crippen LogP contribution in [0.15, 0.2) is 54.6 Å². The van der Waals surface area contributed by atoms with Gasteiger partial charge in [-0.1, -0.05) is 30.3 Å². The summed E-state index contributed by atoms with van der Waals surface area (Å²) in [4.78, 5) is 16.0. The third-order valence-electron chi connectivity index (χ3n) is 5.55. The maximum atomic E-state index is 13.8. The molecule has 1 aliphatic rings. The van der Waals surface area contributed by atoms with Crippen LogP contribution in [0.3, 0.4) is 0 Å². The molecule has 0 saturated heterocycles. The van der Waals surface area contributed by atoms with Gasteiger partial charge in [0.05, 0.1) is 11.1 Å². The van der Waals surface area contributed by atoms with E-state index in [0.717, 1.165) is 6.07 Å². The molecule has 4 rings (SSSR count). The molecule has 2 aromatic carbocycles. The number of hydrogen-bond acceptors (Lipinski definition) is 3. The topological polar surface area (TPSA) is 54.0 Å². The summed E-state index contributed by atoms with van der Waals surface area (Å²) in [5.74, 6) is -1.02. The predicted molar refractivity (Wildman–Crippen MR) is 110 cm³/mol.